The van der Waals surface area contributed by atoms with Crippen molar-refractivity contribution in [2.24, 2.45) is 0 Å². The summed E-state index contributed by atoms with van der Waals surface area (Å²) in [6.45, 7) is 14.0. The minimum atomic E-state index is -0.0412. The van der Waals surface area contributed by atoms with Gasteiger partial charge in [-0.2, -0.15) is 0 Å². The number of anilines is 2. The first-order valence-corrected chi connectivity index (χ1v) is 9.14. The largest absolute Gasteiger partial charge is 0.365 e. The van der Waals surface area contributed by atoms with E-state index in [1.807, 2.05) is 18.2 Å². The lowest BCUT2D eigenvalue weighted by Gasteiger charge is -2.35. The number of hydrogen-bond acceptors (Lipinski definition) is 5. The number of nitrogens with one attached hydrogen (secondary N) is 1. The van der Waals surface area contributed by atoms with Gasteiger partial charge in [0.15, 0.2) is 5.82 Å². The fourth-order valence-corrected chi connectivity index (χ4v) is 3.05. The minimum Gasteiger partial charge on any atom is -0.365 e. The predicted molar refractivity (Wildman–Crippen MR) is 105 cm³/mol. The molecule has 1 fully saturated rings. The molecule has 0 spiro atoms. The van der Waals surface area contributed by atoms with Gasteiger partial charge < -0.3 is 15.1 Å². The summed E-state index contributed by atoms with van der Waals surface area (Å²) in [6.07, 6.45) is 0. The summed E-state index contributed by atoms with van der Waals surface area (Å²) in [5.74, 6) is 2.67. The van der Waals surface area contributed by atoms with E-state index < -0.39 is 0 Å². The van der Waals surface area contributed by atoms with E-state index in [0.29, 0.717) is 0 Å². The SMILES string of the molecule is CCN1CCN(c2cc(NC(C)(C)C)nc(-c3ccccc3)n2)CC1. The summed E-state index contributed by atoms with van der Waals surface area (Å²) < 4.78 is 0. The van der Waals surface area contributed by atoms with E-state index in [2.05, 4.69) is 61.0 Å². The van der Waals surface area contributed by atoms with Crippen molar-refractivity contribution in [1.82, 2.24) is 14.9 Å². The van der Waals surface area contributed by atoms with Gasteiger partial charge in [0.05, 0.1) is 0 Å². The fourth-order valence-electron chi connectivity index (χ4n) is 3.05. The lowest BCUT2D eigenvalue weighted by atomic mass is 10.1. The lowest BCUT2D eigenvalue weighted by Crippen LogP contribution is -2.46. The van der Waals surface area contributed by atoms with Gasteiger partial charge in [0.2, 0.25) is 0 Å². The molecule has 1 aromatic carbocycles. The molecule has 2 aromatic rings. The van der Waals surface area contributed by atoms with Crippen LogP contribution >= 0.6 is 0 Å². The van der Waals surface area contributed by atoms with Crippen LogP contribution in [-0.2, 0) is 0 Å². The van der Waals surface area contributed by atoms with Gasteiger partial charge in [0.25, 0.3) is 0 Å². The third-order valence-electron chi connectivity index (χ3n) is 4.39. The average Bonchev–Trinajstić information content (AvgIpc) is 2.61. The number of aromatic nitrogens is 2. The van der Waals surface area contributed by atoms with Crippen LogP contribution in [0.3, 0.4) is 0 Å². The molecule has 1 N–H and O–H groups in total. The topological polar surface area (TPSA) is 44.3 Å². The fraction of sp³-hybridized carbons (Fsp3) is 0.500. The molecule has 0 bridgehead atoms. The molecule has 2 heterocycles. The van der Waals surface area contributed by atoms with Crippen molar-refractivity contribution in [3.63, 3.8) is 0 Å². The Morgan fingerprint density at radius 3 is 2.28 bits per heavy atom. The Bertz CT molecular complexity index is 685. The molecule has 1 aliphatic rings. The summed E-state index contributed by atoms with van der Waals surface area (Å²) in [4.78, 5) is 14.5. The second-order valence-corrected chi connectivity index (χ2v) is 7.60. The molecule has 1 aromatic heterocycles. The van der Waals surface area contributed by atoms with Gasteiger partial charge in [-0.05, 0) is 27.3 Å². The lowest BCUT2D eigenvalue weighted by molar-refractivity contribution is 0.270. The van der Waals surface area contributed by atoms with Crippen molar-refractivity contribution in [2.75, 3.05) is 42.9 Å². The Morgan fingerprint density at radius 1 is 1.00 bits per heavy atom. The minimum absolute atomic E-state index is 0.0412. The van der Waals surface area contributed by atoms with Crippen molar-refractivity contribution in [3.05, 3.63) is 36.4 Å². The highest BCUT2D eigenvalue weighted by Gasteiger charge is 2.20. The van der Waals surface area contributed by atoms with E-state index >= 15 is 0 Å². The van der Waals surface area contributed by atoms with E-state index in [1.54, 1.807) is 0 Å². The van der Waals surface area contributed by atoms with Crippen LogP contribution in [-0.4, -0.2) is 53.1 Å². The van der Waals surface area contributed by atoms with Crippen molar-refractivity contribution < 1.29 is 0 Å². The van der Waals surface area contributed by atoms with Crippen molar-refractivity contribution >= 4 is 11.6 Å². The van der Waals surface area contributed by atoms with E-state index in [9.17, 15) is 0 Å². The van der Waals surface area contributed by atoms with Gasteiger partial charge in [-0.25, -0.2) is 9.97 Å². The normalized spacial score (nSPS) is 16.1. The van der Waals surface area contributed by atoms with Crippen LogP contribution in [0.4, 0.5) is 11.6 Å². The van der Waals surface area contributed by atoms with E-state index in [4.69, 9.17) is 9.97 Å². The third kappa shape index (κ3) is 4.69. The number of nitrogens with zero attached hydrogens (tertiary/aromatic N) is 4. The number of piperazine rings is 1. The van der Waals surface area contributed by atoms with E-state index in [1.165, 1.54) is 0 Å². The molecule has 1 saturated heterocycles. The molecule has 5 heteroatoms. The molecule has 25 heavy (non-hydrogen) atoms. The molecule has 0 amide bonds. The summed E-state index contributed by atoms with van der Waals surface area (Å²) in [5.41, 5.74) is 1.01. The summed E-state index contributed by atoms with van der Waals surface area (Å²) >= 11 is 0. The van der Waals surface area contributed by atoms with Gasteiger partial charge in [-0.15, -0.1) is 0 Å². The third-order valence-corrected chi connectivity index (χ3v) is 4.39. The Kier molecular flexibility index (Phi) is 5.23. The number of benzene rings is 1. The van der Waals surface area contributed by atoms with Crippen molar-refractivity contribution in [2.45, 2.75) is 33.2 Å². The molecular weight excluding hydrogens is 310 g/mol. The Morgan fingerprint density at radius 2 is 1.68 bits per heavy atom. The molecule has 0 atom stereocenters. The first kappa shape index (κ1) is 17.7. The van der Waals surface area contributed by atoms with Crippen LogP contribution in [0.2, 0.25) is 0 Å². The number of rotatable bonds is 4. The van der Waals surface area contributed by atoms with Crippen LogP contribution < -0.4 is 10.2 Å². The standard InChI is InChI=1S/C20H29N5/c1-5-24-11-13-25(14-12-24)18-15-17(23-20(2,3)4)21-19(22-18)16-9-7-6-8-10-16/h6-10,15H,5,11-14H2,1-4H3,(H,21,22,23). The molecule has 0 saturated carbocycles. The monoisotopic (exact) mass is 339 g/mol. The van der Waals surface area contributed by atoms with Gasteiger partial charge in [-0.1, -0.05) is 37.3 Å². The van der Waals surface area contributed by atoms with Gasteiger partial charge >= 0.3 is 0 Å². The van der Waals surface area contributed by atoms with Crippen LogP contribution in [0.15, 0.2) is 36.4 Å². The zero-order valence-electron chi connectivity index (χ0n) is 15.8. The first-order chi connectivity index (χ1) is 11.9. The number of hydrogen-bond donors (Lipinski definition) is 1. The second-order valence-electron chi connectivity index (χ2n) is 7.60. The summed E-state index contributed by atoms with van der Waals surface area (Å²) in [7, 11) is 0. The molecule has 1 aliphatic heterocycles. The highest BCUT2D eigenvalue weighted by atomic mass is 15.3. The maximum Gasteiger partial charge on any atom is 0.163 e. The Balaban J connectivity index is 1.92. The number of likely N-dealkylation sites (N-methyl/N-ethyl adjacent to an activating group) is 1. The summed E-state index contributed by atoms with van der Waals surface area (Å²) in [6, 6.07) is 12.3. The molecule has 3 rings (SSSR count). The van der Waals surface area contributed by atoms with Crippen LogP contribution in [0, 0.1) is 0 Å². The van der Waals surface area contributed by atoms with Crippen molar-refractivity contribution in [3.8, 4) is 11.4 Å². The maximum absolute atomic E-state index is 4.86. The molecule has 0 radical (unpaired) electrons. The summed E-state index contributed by atoms with van der Waals surface area (Å²) in [5, 5.41) is 3.50. The average molecular weight is 339 g/mol. The maximum atomic E-state index is 4.86. The van der Waals surface area contributed by atoms with Crippen LogP contribution in [0.5, 0.6) is 0 Å². The smallest absolute Gasteiger partial charge is 0.163 e. The Labute approximate surface area is 151 Å². The van der Waals surface area contributed by atoms with E-state index in [-0.39, 0.29) is 5.54 Å². The van der Waals surface area contributed by atoms with Crippen LogP contribution in [0.25, 0.3) is 11.4 Å². The zero-order chi connectivity index (χ0) is 17.9. The van der Waals surface area contributed by atoms with Gasteiger partial charge in [-0.3, -0.25) is 0 Å². The molecule has 0 unspecified atom stereocenters. The molecule has 0 aliphatic carbocycles. The molecule has 5 nitrogen and oxygen atoms in total. The van der Waals surface area contributed by atoms with Crippen LogP contribution in [0.1, 0.15) is 27.7 Å². The predicted octanol–water partition coefficient (Wildman–Crippen LogP) is 3.50. The quantitative estimate of drug-likeness (QED) is 0.924. The van der Waals surface area contributed by atoms with Crippen molar-refractivity contribution in [1.29, 1.82) is 0 Å². The second kappa shape index (κ2) is 7.40. The first-order valence-electron chi connectivity index (χ1n) is 9.14. The van der Waals surface area contributed by atoms with Gasteiger partial charge in [0.1, 0.15) is 11.6 Å². The zero-order valence-corrected chi connectivity index (χ0v) is 15.8. The molecular formula is C20H29N5. The van der Waals surface area contributed by atoms with Gasteiger partial charge in [0, 0.05) is 43.3 Å². The Hall–Kier alpha value is -2.14. The highest BCUT2D eigenvalue weighted by Crippen LogP contribution is 2.25. The molecule has 134 valence electrons. The van der Waals surface area contributed by atoms with E-state index in [0.717, 1.165) is 55.7 Å². The highest BCUT2D eigenvalue weighted by molar-refractivity contribution is 5.62.